The molecule has 2 aromatic carbocycles. The van der Waals surface area contributed by atoms with Crippen molar-refractivity contribution in [2.24, 2.45) is 0 Å². The first kappa shape index (κ1) is 21.3. The first-order chi connectivity index (χ1) is 14.5. The van der Waals surface area contributed by atoms with Crippen LogP contribution in [-0.2, 0) is 9.53 Å². The van der Waals surface area contributed by atoms with Crippen molar-refractivity contribution in [2.75, 3.05) is 11.9 Å². The molecule has 0 aliphatic heterocycles. The Balaban J connectivity index is 1.87. The number of aryl methyl sites for hydroxylation is 1. The largest absolute Gasteiger partial charge is 0.477 e. The van der Waals surface area contributed by atoms with E-state index in [0.29, 0.717) is 22.9 Å². The Bertz CT molecular complexity index is 1040. The fraction of sp³-hybridized carbons (Fsp3) is 0.174. The maximum absolute atomic E-state index is 13.0. The summed E-state index contributed by atoms with van der Waals surface area (Å²) in [6, 6.07) is 17.1. The van der Waals surface area contributed by atoms with Crippen LogP contribution in [-0.4, -0.2) is 23.5 Å². The van der Waals surface area contributed by atoms with Gasteiger partial charge < -0.3 is 14.8 Å². The van der Waals surface area contributed by atoms with Crippen LogP contribution in [0.1, 0.15) is 34.5 Å². The van der Waals surface area contributed by atoms with Crippen LogP contribution in [0.5, 0.6) is 5.88 Å². The molecule has 0 saturated heterocycles. The van der Waals surface area contributed by atoms with Gasteiger partial charge in [0.1, 0.15) is 5.56 Å². The smallest absolute Gasteiger partial charge is 0.344 e. The van der Waals surface area contributed by atoms with E-state index < -0.39 is 18.0 Å². The third-order valence-corrected chi connectivity index (χ3v) is 4.68. The van der Waals surface area contributed by atoms with E-state index >= 15 is 0 Å². The maximum Gasteiger partial charge on any atom is 0.344 e. The molecule has 0 aliphatic rings. The van der Waals surface area contributed by atoms with Crippen LogP contribution in [0.4, 0.5) is 5.69 Å². The second-order valence-corrected chi connectivity index (χ2v) is 6.85. The number of nitrogens with one attached hydrogen (secondary N) is 1. The molecule has 0 fully saturated rings. The van der Waals surface area contributed by atoms with Crippen molar-refractivity contribution in [3.8, 4) is 5.88 Å². The summed E-state index contributed by atoms with van der Waals surface area (Å²) in [4.78, 5) is 29.9. The molecule has 1 aromatic heterocycles. The van der Waals surface area contributed by atoms with Gasteiger partial charge in [-0.2, -0.15) is 0 Å². The minimum Gasteiger partial charge on any atom is -0.477 e. The predicted octanol–water partition coefficient (Wildman–Crippen LogP) is 4.98. The van der Waals surface area contributed by atoms with Crippen molar-refractivity contribution in [1.29, 1.82) is 0 Å². The predicted molar refractivity (Wildman–Crippen MR) is 115 cm³/mol. The van der Waals surface area contributed by atoms with Crippen LogP contribution < -0.4 is 10.1 Å². The zero-order valence-electron chi connectivity index (χ0n) is 16.6. The number of nitrogens with zero attached hydrogens (tertiary/aromatic N) is 1. The highest BCUT2D eigenvalue weighted by molar-refractivity contribution is 6.31. The van der Waals surface area contributed by atoms with Gasteiger partial charge >= 0.3 is 5.97 Å². The molecule has 154 valence electrons. The fourth-order valence-electron chi connectivity index (χ4n) is 2.75. The van der Waals surface area contributed by atoms with Crippen LogP contribution in [0.2, 0.25) is 5.02 Å². The number of pyridine rings is 1. The average molecular weight is 425 g/mol. The van der Waals surface area contributed by atoms with Gasteiger partial charge in [-0.15, -0.1) is 0 Å². The zero-order valence-corrected chi connectivity index (χ0v) is 17.3. The van der Waals surface area contributed by atoms with Crippen molar-refractivity contribution in [3.63, 3.8) is 0 Å². The zero-order chi connectivity index (χ0) is 21.5. The van der Waals surface area contributed by atoms with Crippen LogP contribution in [0.3, 0.4) is 0 Å². The third kappa shape index (κ3) is 5.15. The van der Waals surface area contributed by atoms with E-state index in [2.05, 4.69) is 10.3 Å². The molecule has 0 spiro atoms. The van der Waals surface area contributed by atoms with E-state index in [9.17, 15) is 9.59 Å². The number of esters is 1. The normalized spacial score (nSPS) is 11.4. The van der Waals surface area contributed by atoms with Crippen LogP contribution >= 0.6 is 11.6 Å². The molecule has 1 heterocycles. The lowest BCUT2D eigenvalue weighted by Crippen LogP contribution is -2.26. The molecule has 1 unspecified atom stereocenters. The number of ether oxygens (including phenoxy) is 2. The number of hydrogen-bond acceptors (Lipinski definition) is 5. The van der Waals surface area contributed by atoms with E-state index in [1.54, 1.807) is 61.5 Å². The molecule has 3 rings (SSSR count). The second kappa shape index (κ2) is 9.89. The summed E-state index contributed by atoms with van der Waals surface area (Å²) >= 11 is 6.15. The lowest BCUT2D eigenvalue weighted by Gasteiger charge is -2.19. The lowest BCUT2D eigenvalue weighted by atomic mass is 10.1. The third-order valence-electron chi connectivity index (χ3n) is 4.28. The minimum atomic E-state index is -1.17. The number of carbonyl (C=O) groups is 2. The van der Waals surface area contributed by atoms with Crippen molar-refractivity contribution in [3.05, 3.63) is 88.6 Å². The first-order valence-electron chi connectivity index (χ1n) is 9.40. The molecule has 0 radical (unpaired) electrons. The highest BCUT2D eigenvalue weighted by atomic mass is 35.5. The molecule has 1 atom stereocenters. The summed E-state index contributed by atoms with van der Waals surface area (Å²) in [5.74, 6) is -1.06. The quantitative estimate of drug-likeness (QED) is 0.541. The van der Waals surface area contributed by atoms with Gasteiger partial charge in [-0.1, -0.05) is 48.0 Å². The highest BCUT2D eigenvalue weighted by Crippen LogP contribution is 2.25. The average Bonchev–Trinajstić information content (AvgIpc) is 2.75. The van der Waals surface area contributed by atoms with Crippen LogP contribution in [0, 0.1) is 6.92 Å². The molecule has 3 aromatic rings. The lowest BCUT2D eigenvalue weighted by molar-refractivity contribution is -0.125. The molecule has 30 heavy (non-hydrogen) atoms. The van der Waals surface area contributed by atoms with E-state index in [-0.39, 0.29) is 11.4 Å². The molecule has 0 aliphatic carbocycles. The van der Waals surface area contributed by atoms with Crippen molar-refractivity contribution < 1.29 is 19.1 Å². The van der Waals surface area contributed by atoms with Gasteiger partial charge in [-0.25, -0.2) is 9.78 Å². The van der Waals surface area contributed by atoms with Gasteiger partial charge in [-0.3, -0.25) is 4.79 Å². The standard InChI is InChI=1S/C23H21ClN2O4/c1-3-29-22-18(10-7-13-25-22)23(28)30-20(16-8-5-4-6-9-16)21(27)26-17-12-11-15(2)19(24)14-17/h4-14,20H,3H2,1-2H3,(H,26,27). The van der Waals surface area contributed by atoms with Gasteiger partial charge in [0.25, 0.3) is 5.91 Å². The van der Waals surface area contributed by atoms with Crippen molar-refractivity contribution >= 4 is 29.2 Å². The van der Waals surface area contributed by atoms with E-state index in [4.69, 9.17) is 21.1 Å². The summed E-state index contributed by atoms with van der Waals surface area (Å²) in [6.07, 6.45) is 0.345. The molecule has 0 bridgehead atoms. The Morgan fingerprint density at radius 1 is 1.10 bits per heavy atom. The number of anilines is 1. The molecule has 6 nitrogen and oxygen atoms in total. The number of carbonyl (C=O) groups excluding carboxylic acids is 2. The monoisotopic (exact) mass is 424 g/mol. The Kier molecular flexibility index (Phi) is 7.03. The molecular weight excluding hydrogens is 404 g/mol. The topological polar surface area (TPSA) is 77.5 Å². The Hall–Kier alpha value is -3.38. The summed E-state index contributed by atoms with van der Waals surface area (Å²) in [7, 11) is 0. The molecular formula is C23H21ClN2O4. The summed E-state index contributed by atoms with van der Waals surface area (Å²) in [5, 5.41) is 3.28. The highest BCUT2D eigenvalue weighted by Gasteiger charge is 2.27. The van der Waals surface area contributed by atoms with Crippen molar-refractivity contribution in [2.45, 2.75) is 20.0 Å². The van der Waals surface area contributed by atoms with Gasteiger partial charge in [0.2, 0.25) is 12.0 Å². The summed E-state index contributed by atoms with van der Waals surface area (Å²) in [6.45, 7) is 4.00. The first-order valence-corrected chi connectivity index (χ1v) is 9.78. The van der Waals surface area contributed by atoms with E-state index in [1.165, 1.54) is 6.20 Å². The molecule has 0 saturated carbocycles. The van der Waals surface area contributed by atoms with Crippen molar-refractivity contribution in [1.82, 2.24) is 4.98 Å². The maximum atomic E-state index is 13.0. The fourth-order valence-corrected chi connectivity index (χ4v) is 2.93. The number of hydrogen-bond donors (Lipinski definition) is 1. The minimum absolute atomic E-state index is 0.145. The Labute approximate surface area is 179 Å². The van der Waals surface area contributed by atoms with Gasteiger partial charge in [-0.05, 0) is 43.7 Å². The number of aromatic nitrogens is 1. The number of amides is 1. The SMILES string of the molecule is CCOc1ncccc1C(=O)OC(C(=O)Nc1ccc(C)c(Cl)c1)c1ccccc1. The number of halogens is 1. The Morgan fingerprint density at radius 3 is 2.57 bits per heavy atom. The second-order valence-electron chi connectivity index (χ2n) is 6.44. The van der Waals surface area contributed by atoms with Gasteiger partial charge in [0.15, 0.2) is 0 Å². The van der Waals surface area contributed by atoms with E-state index in [0.717, 1.165) is 5.56 Å². The molecule has 1 N–H and O–H groups in total. The van der Waals surface area contributed by atoms with Gasteiger partial charge in [0.05, 0.1) is 6.61 Å². The number of rotatable bonds is 7. The van der Waals surface area contributed by atoms with Gasteiger partial charge in [0, 0.05) is 22.5 Å². The summed E-state index contributed by atoms with van der Waals surface area (Å²) < 4.78 is 11.0. The number of benzene rings is 2. The molecule has 1 amide bonds. The van der Waals surface area contributed by atoms with Crippen LogP contribution in [0.25, 0.3) is 0 Å². The van der Waals surface area contributed by atoms with Crippen LogP contribution in [0.15, 0.2) is 66.9 Å². The van der Waals surface area contributed by atoms with E-state index in [1.807, 2.05) is 13.0 Å². The Morgan fingerprint density at radius 2 is 1.87 bits per heavy atom. The molecule has 7 heteroatoms. The summed E-state index contributed by atoms with van der Waals surface area (Å²) in [5.41, 5.74) is 2.07.